The van der Waals surface area contributed by atoms with Gasteiger partial charge in [0.05, 0.1) is 0 Å². The van der Waals surface area contributed by atoms with Gasteiger partial charge in [0.25, 0.3) is 11.8 Å². The molecule has 7 nitrogen and oxygen atoms in total. The van der Waals surface area contributed by atoms with Crippen LogP contribution in [0, 0.1) is 0 Å². The molecule has 0 unspecified atom stereocenters. The molecule has 2 amide bonds. The molecule has 118 valence electrons. The topological polar surface area (TPSA) is 105 Å². The van der Waals surface area contributed by atoms with Crippen molar-refractivity contribution < 1.29 is 24.2 Å². The van der Waals surface area contributed by atoms with Crippen molar-refractivity contribution in [1.82, 2.24) is 5.32 Å². The number of rotatable bonds is 5. The highest BCUT2D eigenvalue weighted by molar-refractivity contribution is 5.97. The Bertz CT molecular complexity index is 570. The zero-order valence-electron chi connectivity index (χ0n) is 12.2. The van der Waals surface area contributed by atoms with Crippen LogP contribution < -0.4 is 10.6 Å². The fourth-order valence-corrected chi connectivity index (χ4v) is 2.20. The minimum absolute atomic E-state index is 0.177. The van der Waals surface area contributed by atoms with E-state index < -0.39 is 18.2 Å². The molecule has 0 aliphatic carbocycles. The first-order valence-electron chi connectivity index (χ1n) is 7.08. The van der Waals surface area contributed by atoms with E-state index in [2.05, 4.69) is 10.6 Å². The summed E-state index contributed by atoms with van der Waals surface area (Å²) < 4.78 is 5.18. The van der Waals surface area contributed by atoms with Crippen LogP contribution in [0.3, 0.4) is 0 Å². The molecule has 1 heterocycles. The van der Waals surface area contributed by atoms with Gasteiger partial charge in [0.2, 0.25) is 0 Å². The van der Waals surface area contributed by atoms with E-state index in [0.717, 1.165) is 0 Å². The molecule has 0 bridgehead atoms. The second kappa shape index (κ2) is 7.04. The molecule has 1 saturated heterocycles. The van der Waals surface area contributed by atoms with Gasteiger partial charge in [-0.1, -0.05) is 0 Å². The summed E-state index contributed by atoms with van der Waals surface area (Å²) >= 11 is 0. The Balaban J connectivity index is 1.92. The molecule has 1 aliphatic heterocycles. The monoisotopic (exact) mass is 306 g/mol. The maximum Gasteiger partial charge on any atom is 0.332 e. The van der Waals surface area contributed by atoms with E-state index in [-0.39, 0.29) is 11.8 Å². The van der Waals surface area contributed by atoms with Gasteiger partial charge in [0, 0.05) is 17.8 Å². The first kappa shape index (κ1) is 16.0. The van der Waals surface area contributed by atoms with Crippen LogP contribution in [0.1, 0.15) is 30.1 Å². The molecule has 1 aromatic carbocycles. The Hall–Kier alpha value is -2.41. The summed E-state index contributed by atoms with van der Waals surface area (Å²) in [5.41, 5.74) is 1.03. The van der Waals surface area contributed by atoms with Gasteiger partial charge in [-0.3, -0.25) is 9.59 Å². The van der Waals surface area contributed by atoms with E-state index in [4.69, 9.17) is 9.84 Å². The Kier molecular flexibility index (Phi) is 5.11. The van der Waals surface area contributed by atoms with Crippen molar-refractivity contribution in [3.8, 4) is 0 Å². The fourth-order valence-electron chi connectivity index (χ4n) is 2.20. The molecule has 0 aromatic heterocycles. The van der Waals surface area contributed by atoms with Gasteiger partial charge in [-0.25, -0.2) is 4.79 Å². The Morgan fingerprint density at radius 1 is 1.18 bits per heavy atom. The predicted molar refractivity (Wildman–Crippen MR) is 78.6 cm³/mol. The average molecular weight is 306 g/mol. The number of anilines is 1. The molecule has 1 fully saturated rings. The van der Waals surface area contributed by atoms with E-state index in [0.29, 0.717) is 30.6 Å². The van der Waals surface area contributed by atoms with E-state index in [1.165, 1.54) is 0 Å². The van der Waals surface area contributed by atoms with Gasteiger partial charge in [-0.2, -0.15) is 0 Å². The van der Waals surface area contributed by atoms with Crippen molar-refractivity contribution in [2.45, 2.75) is 32.0 Å². The van der Waals surface area contributed by atoms with Crippen molar-refractivity contribution in [2.75, 3.05) is 11.9 Å². The number of benzene rings is 1. The second-order valence-electron chi connectivity index (χ2n) is 4.96. The smallest absolute Gasteiger partial charge is 0.332 e. The third-order valence-electron chi connectivity index (χ3n) is 3.34. The van der Waals surface area contributed by atoms with Crippen LogP contribution in [0.2, 0.25) is 0 Å². The highest BCUT2D eigenvalue weighted by Crippen LogP contribution is 2.21. The number of amides is 2. The van der Waals surface area contributed by atoms with Crippen molar-refractivity contribution in [3.05, 3.63) is 29.8 Å². The van der Waals surface area contributed by atoms with Crippen molar-refractivity contribution in [1.29, 1.82) is 0 Å². The van der Waals surface area contributed by atoms with Crippen LogP contribution >= 0.6 is 0 Å². The maximum atomic E-state index is 12.0. The SMILES string of the molecule is CCNC(=O)c1ccc(NC(=O)[C@@H]2CC[C@H](C(=O)O)O2)cc1. The highest BCUT2D eigenvalue weighted by Gasteiger charge is 2.34. The summed E-state index contributed by atoms with van der Waals surface area (Å²) in [6, 6.07) is 6.45. The van der Waals surface area contributed by atoms with Gasteiger partial charge in [0.15, 0.2) is 6.10 Å². The van der Waals surface area contributed by atoms with E-state index in [9.17, 15) is 14.4 Å². The van der Waals surface area contributed by atoms with Crippen LogP contribution in [-0.2, 0) is 14.3 Å². The molecule has 2 atom stereocenters. The Morgan fingerprint density at radius 2 is 1.82 bits per heavy atom. The van der Waals surface area contributed by atoms with Gasteiger partial charge >= 0.3 is 5.97 Å². The fraction of sp³-hybridized carbons (Fsp3) is 0.400. The lowest BCUT2D eigenvalue weighted by molar-refractivity contribution is -0.150. The average Bonchev–Trinajstić information content (AvgIpc) is 2.98. The standard InChI is InChI=1S/C15H18N2O5/c1-2-16-13(18)9-3-5-10(6-4-9)17-14(19)11-7-8-12(22-11)15(20)21/h3-6,11-12H,2,7-8H2,1H3,(H,16,18)(H,17,19)(H,20,21)/t11-,12+/m0/s1. The summed E-state index contributed by atoms with van der Waals surface area (Å²) in [7, 11) is 0. The molecular weight excluding hydrogens is 288 g/mol. The molecule has 1 aromatic rings. The van der Waals surface area contributed by atoms with E-state index in [1.54, 1.807) is 24.3 Å². The molecule has 1 aliphatic rings. The van der Waals surface area contributed by atoms with Crippen LogP contribution in [0.4, 0.5) is 5.69 Å². The highest BCUT2D eigenvalue weighted by atomic mass is 16.5. The number of carbonyl (C=O) groups excluding carboxylic acids is 2. The number of nitrogens with one attached hydrogen (secondary N) is 2. The number of carboxylic acids is 1. The third-order valence-corrected chi connectivity index (χ3v) is 3.34. The minimum atomic E-state index is -1.05. The largest absolute Gasteiger partial charge is 0.479 e. The zero-order chi connectivity index (χ0) is 16.1. The van der Waals surface area contributed by atoms with Crippen LogP contribution in [0.25, 0.3) is 0 Å². The first-order chi connectivity index (χ1) is 10.5. The quantitative estimate of drug-likeness (QED) is 0.753. The summed E-state index contributed by atoms with van der Waals surface area (Å²) in [4.78, 5) is 34.4. The minimum Gasteiger partial charge on any atom is -0.479 e. The summed E-state index contributed by atoms with van der Waals surface area (Å²) in [6.45, 7) is 2.37. The Labute approximate surface area is 127 Å². The molecular formula is C15H18N2O5. The van der Waals surface area contributed by atoms with Crippen molar-refractivity contribution in [3.63, 3.8) is 0 Å². The summed E-state index contributed by atoms with van der Waals surface area (Å²) in [5.74, 6) is -1.61. The van der Waals surface area contributed by atoms with E-state index >= 15 is 0 Å². The zero-order valence-corrected chi connectivity index (χ0v) is 12.2. The van der Waals surface area contributed by atoms with Gasteiger partial charge in [-0.15, -0.1) is 0 Å². The first-order valence-corrected chi connectivity index (χ1v) is 7.08. The van der Waals surface area contributed by atoms with Gasteiger partial charge < -0.3 is 20.5 Å². The number of aliphatic carboxylic acids is 1. The molecule has 0 saturated carbocycles. The lowest BCUT2D eigenvalue weighted by Gasteiger charge is -2.12. The molecule has 2 rings (SSSR count). The summed E-state index contributed by atoms with van der Waals surface area (Å²) in [5, 5.41) is 14.2. The molecule has 0 radical (unpaired) electrons. The maximum absolute atomic E-state index is 12.0. The molecule has 3 N–H and O–H groups in total. The van der Waals surface area contributed by atoms with Crippen LogP contribution in [0.15, 0.2) is 24.3 Å². The van der Waals surface area contributed by atoms with E-state index in [1.807, 2.05) is 6.92 Å². The van der Waals surface area contributed by atoms with Crippen LogP contribution in [0.5, 0.6) is 0 Å². The molecule has 0 spiro atoms. The predicted octanol–water partition coefficient (Wildman–Crippen LogP) is 1.01. The normalized spacial score (nSPS) is 20.4. The van der Waals surface area contributed by atoms with Gasteiger partial charge in [0.1, 0.15) is 6.10 Å². The number of hydrogen-bond donors (Lipinski definition) is 3. The van der Waals surface area contributed by atoms with Crippen molar-refractivity contribution in [2.24, 2.45) is 0 Å². The lowest BCUT2D eigenvalue weighted by Crippen LogP contribution is -2.30. The lowest BCUT2D eigenvalue weighted by atomic mass is 10.1. The van der Waals surface area contributed by atoms with Gasteiger partial charge in [-0.05, 0) is 44.0 Å². The third kappa shape index (κ3) is 3.82. The second-order valence-corrected chi connectivity index (χ2v) is 4.96. The number of ether oxygens (including phenoxy) is 1. The summed E-state index contributed by atoms with van der Waals surface area (Å²) in [6.07, 6.45) is -0.983. The molecule has 22 heavy (non-hydrogen) atoms. The van der Waals surface area contributed by atoms with Crippen LogP contribution in [-0.4, -0.2) is 41.6 Å². The molecule has 7 heteroatoms. The van der Waals surface area contributed by atoms with Crippen molar-refractivity contribution >= 4 is 23.5 Å². The number of carbonyl (C=O) groups is 3. The number of carboxylic acid groups (broad SMARTS) is 1. The number of hydrogen-bond acceptors (Lipinski definition) is 4. The Morgan fingerprint density at radius 3 is 2.36 bits per heavy atom.